The van der Waals surface area contributed by atoms with Crippen molar-refractivity contribution in [2.24, 2.45) is 0 Å². The Morgan fingerprint density at radius 2 is 2.44 bits per heavy atom. The molecule has 4 heteroatoms. The van der Waals surface area contributed by atoms with E-state index in [4.69, 9.17) is 0 Å². The van der Waals surface area contributed by atoms with E-state index >= 15 is 0 Å². The summed E-state index contributed by atoms with van der Waals surface area (Å²) >= 11 is 0. The lowest BCUT2D eigenvalue weighted by atomic mass is 10.1. The number of carbonyl (C=O) groups excluding carboxylic acids is 1. The molecule has 1 fully saturated rings. The fourth-order valence-electron chi connectivity index (χ4n) is 1.99. The van der Waals surface area contributed by atoms with Gasteiger partial charge >= 0.3 is 0 Å². The van der Waals surface area contributed by atoms with E-state index in [2.05, 4.69) is 17.2 Å². The Morgan fingerprint density at radius 3 is 3.12 bits per heavy atom. The summed E-state index contributed by atoms with van der Waals surface area (Å²) < 4.78 is 0. The third kappa shape index (κ3) is 2.07. The van der Waals surface area contributed by atoms with Gasteiger partial charge in [0, 0.05) is 31.9 Å². The number of carbonyl (C=O) groups is 1. The zero-order valence-corrected chi connectivity index (χ0v) is 9.73. The Bertz CT molecular complexity index is 392. The van der Waals surface area contributed by atoms with E-state index in [0.717, 1.165) is 25.2 Å². The lowest BCUT2D eigenvalue weighted by Gasteiger charge is -2.33. The standard InChI is InChI=1S/C12H17N3O/c1-9-4-3-5-14-11(9)12(16)15-7-6-13-8-10(15)2/h3-5,10,13H,6-8H2,1-2H3/t10-/m1/s1. The van der Waals surface area contributed by atoms with Crippen LogP contribution in [-0.2, 0) is 0 Å². The summed E-state index contributed by atoms with van der Waals surface area (Å²) in [5, 5.41) is 3.27. The van der Waals surface area contributed by atoms with E-state index in [1.54, 1.807) is 6.20 Å². The van der Waals surface area contributed by atoms with Crippen molar-refractivity contribution in [3.63, 3.8) is 0 Å². The van der Waals surface area contributed by atoms with Gasteiger partial charge in [0.1, 0.15) is 5.69 Å². The smallest absolute Gasteiger partial charge is 0.273 e. The van der Waals surface area contributed by atoms with Gasteiger partial charge in [-0.2, -0.15) is 0 Å². The monoisotopic (exact) mass is 219 g/mol. The minimum atomic E-state index is 0.0482. The molecular weight excluding hydrogens is 202 g/mol. The van der Waals surface area contributed by atoms with Gasteiger partial charge in [-0.15, -0.1) is 0 Å². The highest BCUT2D eigenvalue weighted by Gasteiger charge is 2.25. The van der Waals surface area contributed by atoms with Crippen LogP contribution < -0.4 is 5.32 Å². The number of nitrogens with one attached hydrogen (secondary N) is 1. The van der Waals surface area contributed by atoms with Crippen molar-refractivity contribution in [3.8, 4) is 0 Å². The number of hydrogen-bond donors (Lipinski definition) is 1. The van der Waals surface area contributed by atoms with Crippen LogP contribution in [0, 0.1) is 6.92 Å². The summed E-state index contributed by atoms with van der Waals surface area (Å²) in [5.74, 6) is 0.0482. The van der Waals surface area contributed by atoms with Crippen LogP contribution in [0.2, 0.25) is 0 Å². The minimum absolute atomic E-state index is 0.0482. The van der Waals surface area contributed by atoms with Gasteiger partial charge in [-0.1, -0.05) is 6.07 Å². The van der Waals surface area contributed by atoms with Gasteiger partial charge in [0.15, 0.2) is 0 Å². The number of piperazine rings is 1. The zero-order chi connectivity index (χ0) is 11.5. The molecule has 0 saturated carbocycles. The number of rotatable bonds is 1. The van der Waals surface area contributed by atoms with Crippen LogP contribution >= 0.6 is 0 Å². The van der Waals surface area contributed by atoms with Crippen molar-refractivity contribution in [3.05, 3.63) is 29.6 Å². The average molecular weight is 219 g/mol. The molecule has 0 bridgehead atoms. The highest BCUT2D eigenvalue weighted by Crippen LogP contribution is 2.11. The minimum Gasteiger partial charge on any atom is -0.332 e. The largest absolute Gasteiger partial charge is 0.332 e. The molecule has 0 radical (unpaired) electrons. The van der Waals surface area contributed by atoms with Crippen molar-refractivity contribution >= 4 is 5.91 Å². The molecule has 4 nitrogen and oxygen atoms in total. The van der Waals surface area contributed by atoms with Crippen molar-refractivity contribution in [1.29, 1.82) is 0 Å². The van der Waals surface area contributed by atoms with Crippen molar-refractivity contribution in [1.82, 2.24) is 15.2 Å². The molecule has 1 N–H and O–H groups in total. The molecule has 86 valence electrons. The first-order valence-corrected chi connectivity index (χ1v) is 5.63. The molecule has 16 heavy (non-hydrogen) atoms. The molecule has 1 atom stereocenters. The summed E-state index contributed by atoms with van der Waals surface area (Å²) in [5.41, 5.74) is 1.52. The number of amides is 1. The number of nitrogens with zero attached hydrogens (tertiary/aromatic N) is 2. The maximum atomic E-state index is 12.3. The topological polar surface area (TPSA) is 45.2 Å². The Hall–Kier alpha value is -1.42. The van der Waals surface area contributed by atoms with E-state index < -0.39 is 0 Å². The van der Waals surface area contributed by atoms with Gasteiger partial charge in [0.2, 0.25) is 0 Å². The predicted octanol–water partition coefficient (Wildman–Crippen LogP) is 0.824. The highest BCUT2D eigenvalue weighted by molar-refractivity contribution is 5.93. The predicted molar refractivity (Wildman–Crippen MR) is 62.3 cm³/mol. The average Bonchev–Trinajstić information content (AvgIpc) is 2.29. The maximum absolute atomic E-state index is 12.3. The Kier molecular flexibility index (Phi) is 3.19. The van der Waals surface area contributed by atoms with Gasteiger partial charge in [-0.25, -0.2) is 0 Å². The third-order valence-electron chi connectivity index (χ3n) is 2.97. The molecule has 2 rings (SSSR count). The third-order valence-corrected chi connectivity index (χ3v) is 2.97. The molecule has 1 aliphatic heterocycles. The van der Waals surface area contributed by atoms with Gasteiger partial charge in [0.25, 0.3) is 5.91 Å². The molecule has 0 aliphatic carbocycles. The Morgan fingerprint density at radius 1 is 1.62 bits per heavy atom. The fourth-order valence-corrected chi connectivity index (χ4v) is 1.99. The van der Waals surface area contributed by atoms with Gasteiger partial charge < -0.3 is 10.2 Å². The first kappa shape index (κ1) is 11.1. The van der Waals surface area contributed by atoms with Crippen LogP contribution in [0.15, 0.2) is 18.3 Å². The molecular formula is C12H17N3O. The number of hydrogen-bond acceptors (Lipinski definition) is 3. The second-order valence-electron chi connectivity index (χ2n) is 4.22. The lowest BCUT2D eigenvalue weighted by Crippen LogP contribution is -2.52. The Balaban J connectivity index is 2.21. The highest BCUT2D eigenvalue weighted by atomic mass is 16.2. The number of pyridine rings is 1. The van der Waals surface area contributed by atoms with E-state index in [0.29, 0.717) is 5.69 Å². The quantitative estimate of drug-likeness (QED) is 0.760. The first-order valence-electron chi connectivity index (χ1n) is 5.63. The van der Waals surface area contributed by atoms with Gasteiger partial charge in [-0.05, 0) is 25.5 Å². The molecule has 0 unspecified atom stereocenters. The number of aryl methyl sites for hydroxylation is 1. The molecule has 0 aromatic carbocycles. The molecule has 1 aromatic rings. The van der Waals surface area contributed by atoms with E-state index in [1.165, 1.54) is 0 Å². The van der Waals surface area contributed by atoms with Crippen LogP contribution in [0.4, 0.5) is 0 Å². The molecule has 0 spiro atoms. The molecule has 1 aromatic heterocycles. The molecule has 1 amide bonds. The van der Waals surface area contributed by atoms with E-state index in [-0.39, 0.29) is 11.9 Å². The molecule has 2 heterocycles. The fraction of sp³-hybridized carbons (Fsp3) is 0.500. The SMILES string of the molecule is Cc1cccnc1C(=O)N1CCNC[C@H]1C. The van der Waals surface area contributed by atoms with Crippen molar-refractivity contribution in [2.75, 3.05) is 19.6 Å². The summed E-state index contributed by atoms with van der Waals surface area (Å²) in [6, 6.07) is 4.02. The summed E-state index contributed by atoms with van der Waals surface area (Å²) in [6.07, 6.45) is 1.67. The van der Waals surface area contributed by atoms with Crippen LogP contribution in [-0.4, -0.2) is 41.5 Å². The Labute approximate surface area is 95.7 Å². The zero-order valence-electron chi connectivity index (χ0n) is 9.73. The van der Waals surface area contributed by atoms with Crippen molar-refractivity contribution < 1.29 is 4.79 Å². The molecule has 1 aliphatic rings. The van der Waals surface area contributed by atoms with E-state index in [9.17, 15) is 4.79 Å². The normalized spacial score (nSPS) is 20.9. The van der Waals surface area contributed by atoms with Crippen LogP contribution in [0.5, 0.6) is 0 Å². The van der Waals surface area contributed by atoms with Crippen molar-refractivity contribution in [2.45, 2.75) is 19.9 Å². The maximum Gasteiger partial charge on any atom is 0.273 e. The summed E-state index contributed by atoms with van der Waals surface area (Å²) in [6.45, 7) is 6.46. The van der Waals surface area contributed by atoms with Gasteiger partial charge in [0.05, 0.1) is 0 Å². The molecule has 1 saturated heterocycles. The van der Waals surface area contributed by atoms with E-state index in [1.807, 2.05) is 24.0 Å². The second-order valence-corrected chi connectivity index (χ2v) is 4.22. The number of aromatic nitrogens is 1. The second kappa shape index (κ2) is 4.61. The first-order chi connectivity index (χ1) is 7.70. The van der Waals surface area contributed by atoms with Gasteiger partial charge in [-0.3, -0.25) is 9.78 Å². The summed E-state index contributed by atoms with van der Waals surface area (Å²) in [4.78, 5) is 18.3. The van der Waals surface area contributed by atoms with Crippen LogP contribution in [0.1, 0.15) is 23.0 Å². The summed E-state index contributed by atoms with van der Waals surface area (Å²) in [7, 11) is 0. The van der Waals surface area contributed by atoms with Crippen LogP contribution in [0.3, 0.4) is 0 Å². The lowest BCUT2D eigenvalue weighted by molar-refractivity contribution is 0.0649. The van der Waals surface area contributed by atoms with Crippen LogP contribution in [0.25, 0.3) is 0 Å².